The van der Waals surface area contributed by atoms with Gasteiger partial charge in [0, 0.05) is 37.9 Å². The number of Topliss-reactive ketones (excluding diaryl/α,β-unsaturated/α-hetero) is 1. The highest BCUT2D eigenvalue weighted by molar-refractivity contribution is 6.45. The molecule has 11 heteroatoms. The molecule has 0 radical (unpaired) electrons. The fraction of sp³-hybridized carbons (Fsp3) is 0.182. The Kier molecular flexibility index (Phi) is 5.13. The Bertz CT molecular complexity index is 1340. The number of nitrogens with zero attached hydrogens (tertiary/aromatic N) is 5. The van der Waals surface area contributed by atoms with Crippen molar-refractivity contribution in [3.63, 3.8) is 0 Å². The molecule has 1 aliphatic heterocycles. The van der Waals surface area contributed by atoms with Crippen LogP contribution in [-0.2, 0) is 4.79 Å². The van der Waals surface area contributed by atoms with Gasteiger partial charge < -0.3 is 14.8 Å². The van der Waals surface area contributed by atoms with Gasteiger partial charge in [-0.1, -0.05) is 18.2 Å². The summed E-state index contributed by atoms with van der Waals surface area (Å²) in [5.74, 6) is -2.10. The van der Waals surface area contributed by atoms with Crippen LogP contribution in [0.15, 0.2) is 55.1 Å². The normalized spacial score (nSPS) is 14.0. The molecule has 0 saturated carbocycles. The average Bonchev–Trinajstić information content (AvgIpc) is 3.55. The van der Waals surface area contributed by atoms with Crippen LogP contribution >= 0.6 is 0 Å². The summed E-state index contributed by atoms with van der Waals surface area (Å²) in [6.45, 7) is 1.04. The second kappa shape index (κ2) is 8.26. The van der Waals surface area contributed by atoms with Crippen molar-refractivity contribution in [2.24, 2.45) is 0 Å². The highest BCUT2D eigenvalue weighted by atomic mass is 19.1. The van der Waals surface area contributed by atoms with Gasteiger partial charge in [0.05, 0.1) is 10.9 Å². The maximum Gasteiger partial charge on any atom is 0.308 e. The summed E-state index contributed by atoms with van der Waals surface area (Å²) >= 11 is 0. The van der Waals surface area contributed by atoms with Gasteiger partial charge >= 0.3 is 5.82 Å². The Hall–Kier alpha value is -4.41. The fourth-order valence-electron chi connectivity index (χ4n) is 3.94. The van der Waals surface area contributed by atoms with Gasteiger partial charge in [0.15, 0.2) is 12.0 Å². The largest absolute Gasteiger partial charge is 0.355 e. The number of aromatic amines is 2. The van der Waals surface area contributed by atoms with Crippen molar-refractivity contribution in [3.05, 3.63) is 72.1 Å². The van der Waals surface area contributed by atoms with E-state index in [-0.39, 0.29) is 35.5 Å². The molecule has 0 spiro atoms. The van der Waals surface area contributed by atoms with E-state index in [9.17, 15) is 18.8 Å². The molecular weight excluding hydrogens is 429 g/mol. The van der Waals surface area contributed by atoms with Crippen LogP contribution in [0.1, 0.15) is 20.7 Å². The number of nitrogens with one attached hydrogen (secondary N) is 2. The van der Waals surface area contributed by atoms with Gasteiger partial charge in [-0.25, -0.2) is 4.39 Å². The van der Waals surface area contributed by atoms with Crippen LogP contribution in [0.25, 0.3) is 16.7 Å². The number of ketones is 1. The van der Waals surface area contributed by atoms with E-state index < -0.39 is 17.5 Å². The lowest BCUT2D eigenvalue weighted by molar-refractivity contribution is -0.661. The van der Waals surface area contributed by atoms with Gasteiger partial charge in [-0.05, 0) is 17.2 Å². The topological polar surface area (TPSA) is 119 Å². The minimum Gasteiger partial charge on any atom is -0.355 e. The standard InChI is InChI=1S/C22H18FN7O3/c23-16-13-25-20(30-7-6-26-27-30)18-17(16)15(12-24-18)19(31)22(33)29-10-8-28(9-11-29)21(32)14-4-2-1-3-5-14/h1-7,12-13H,8-11H2,(H,24,25,31)/p+1. The summed E-state index contributed by atoms with van der Waals surface area (Å²) in [6, 6.07) is 8.88. The van der Waals surface area contributed by atoms with Crippen LogP contribution in [0, 0.1) is 5.82 Å². The number of aromatic nitrogens is 5. The molecule has 166 valence electrons. The maximum absolute atomic E-state index is 14.6. The van der Waals surface area contributed by atoms with E-state index in [4.69, 9.17) is 0 Å². The van der Waals surface area contributed by atoms with Gasteiger partial charge in [0.25, 0.3) is 17.6 Å². The molecule has 10 nitrogen and oxygen atoms in total. The van der Waals surface area contributed by atoms with E-state index in [1.165, 1.54) is 22.0 Å². The summed E-state index contributed by atoms with van der Waals surface area (Å²) in [4.78, 5) is 48.4. The zero-order chi connectivity index (χ0) is 22.9. The zero-order valence-electron chi connectivity index (χ0n) is 17.4. The third-order valence-corrected chi connectivity index (χ3v) is 5.64. The number of hydrogen-bond donors (Lipinski definition) is 2. The van der Waals surface area contributed by atoms with Crippen molar-refractivity contribution in [1.29, 1.82) is 0 Å². The number of halogens is 1. The van der Waals surface area contributed by atoms with Crippen molar-refractivity contribution < 1.29 is 23.5 Å². The Labute approximate surface area is 186 Å². The third-order valence-electron chi connectivity index (χ3n) is 5.64. The SMILES string of the molecule is O=C(C(=O)N1CCN(C(=O)c2ccccc2)CC1)c1c[nH]c2c(-[n+]3ccn[nH]3)ncc(F)c12. The Balaban J connectivity index is 1.34. The molecule has 1 aliphatic rings. The van der Waals surface area contributed by atoms with Crippen LogP contribution in [0.2, 0.25) is 0 Å². The predicted molar refractivity (Wildman–Crippen MR) is 113 cm³/mol. The maximum atomic E-state index is 14.6. The van der Waals surface area contributed by atoms with E-state index in [0.717, 1.165) is 6.20 Å². The minimum absolute atomic E-state index is 0.0154. The van der Waals surface area contributed by atoms with Gasteiger partial charge in [0.1, 0.15) is 17.9 Å². The van der Waals surface area contributed by atoms with Crippen molar-refractivity contribution in [3.8, 4) is 5.82 Å². The Morgan fingerprint density at radius 3 is 2.45 bits per heavy atom. The van der Waals surface area contributed by atoms with E-state index in [1.807, 2.05) is 6.07 Å². The molecule has 0 aliphatic carbocycles. The van der Waals surface area contributed by atoms with Crippen LogP contribution in [-0.4, -0.2) is 73.9 Å². The predicted octanol–water partition coefficient (Wildman–Crippen LogP) is 0.869. The lowest BCUT2D eigenvalue weighted by Gasteiger charge is -2.34. The minimum atomic E-state index is -0.824. The number of pyridine rings is 1. The number of fused-ring (bicyclic) bond motifs is 1. The van der Waals surface area contributed by atoms with Gasteiger partial charge in [-0.2, -0.15) is 0 Å². The van der Waals surface area contributed by atoms with Gasteiger partial charge in [0.2, 0.25) is 0 Å². The molecule has 2 N–H and O–H groups in total. The van der Waals surface area contributed by atoms with E-state index in [2.05, 4.69) is 20.3 Å². The summed E-state index contributed by atoms with van der Waals surface area (Å²) in [7, 11) is 0. The third kappa shape index (κ3) is 3.63. The first-order chi connectivity index (χ1) is 16.0. The first-order valence-corrected chi connectivity index (χ1v) is 10.3. The van der Waals surface area contributed by atoms with Gasteiger partial charge in [-0.3, -0.25) is 14.4 Å². The van der Waals surface area contributed by atoms with Crippen LogP contribution in [0.3, 0.4) is 0 Å². The quantitative estimate of drug-likeness (QED) is 0.273. The number of carbonyl (C=O) groups excluding carboxylic acids is 3. The first-order valence-electron chi connectivity index (χ1n) is 10.3. The molecule has 0 atom stereocenters. The van der Waals surface area contributed by atoms with Crippen molar-refractivity contribution in [2.45, 2.75) is 0 Å². The highest BCUT2D eigenvalue weighted by Crippen LogP contribution is 2.24. The summed E-state index contributed by atoms with van der Waals surface area (Å²) in [5.41, 5.74) is 0.764. The molecule has 4 aromatic rings. The summed E-state index contributed by atoms with van der Waals surface area (Å²) in [5, 5.41) is 6.49. The zero-order valence-corrected chi connectivity index (χ0v) is 17.4. The van der Waals surface area contributed by atoms with Crippen LogP contribution in [0.4, 0.5) is 4.39 Å². The molecule has 0 unspecified atom stereocenters. The van der Waals surface area contributed by atoms with Crippen LogP contribution < -0.4 is 4.68 Å². The fourth-order valence-corrected chi connectivity index (χ4v) is 3.94. The molecule has 1 fully saturated rings. The van der Waals surface area contributed by atoms with E-state index in [0.29, 0.717) is 24.5 Å². The van der Waals surface area contributed by atoms with Crippen LogP contribution in [0.5, 0.6) is 0 Å². The smallest absolute Gasteiger partial charge is 0.308 e. The number of benzene rings is 1. The lowest BCUT2D eigenvalue weighted by Crippen LogP contribution is -2.52. The highest BCUT2D eigenvalue weighted by Gasteiger charge is 2.32. The second-order valence-corrected chi connectivity index (χ2v) is 7.56. The number of carbonyl (C=O) groups is 3. The van der Waals surface area contributed by atoms with E-state index >= 15 is 0 Å². The number of amides is 2. The van der Waals surface area contributed by atoms with Crippen molar-refractivity contribution in [2.75, 3.05) is 26.2 Å². The molecule has 1 aromatic carbocycles. The van der Waals surface area contributed by atoms with Crippen molar-refractivity contribution in [1.82, 2.24) is 30.1 Å². The molecule has 2 amide bonds. The molecule has 3 aromatic heterocycles. The summed E-state index contributed by atoms with van der Waals surface area (Å²) < 4.78 is 16.1. The molecule has 5 rings (SSSR count). The average molecular weight is 448 g/mol. The first kappa shape index (κ1) is 20.5. The monoisotopic (exact) mass is 448 g/mol. The molecule has 0 bridgehead atoms. The number of H-pyrrole nitrogens is 2. The lowest BCUT2D eigenvalue weighted by atomic mass is 10.1. The van der Waals surface area contributed by atoms with Gasteiger partial charge in [-0.15, -0.1) is 14.9 Å². The Morgan fingerprint density at radius 1 is 1.03 bits per heavy atom. The Morgan fingerprint density at radius 2 is 1.76 bits per heavy atom. The second-order valence-electron chi connectivity index (χ2n) is 7.56. The molecule has 33 heavy (non-hydrogen) atoms. The van der Waals surface area contributed by atoms with Crippen molar-refractivity contribution >= 4 is 28.5 Å². The van der Waals surface area contributed by atoms with E-state index in [1.54, 1.807) is 35.4 Å². The molecular formula is C22H19FN7O3+. The summed E-state index contributed by atoms with van der Waals surface area (Å²) in [6.07, 6.45) is 5.39. The number of piperazine rings is 1. The molecule has 1 saturated heterocycles. The number of hydrogen-bond acceptors (Lipinski definition) is 5. The molecule has 4 heterocycles. The number of rotatable bonds is 4.